The average molecular weight is 432 g/mol. The number of thiophene rings is 1. The molecule has 2 aromatic rings. The lowest BCUT2D eigenvalue weighted by molar-refractivity contribution is -0.144. The Morgan fingerprint density at radius 2 is 1.63 bits per heavy atom. The van der Waals surface area contributed by atoms with Gasteiger partial charge in [0.15, 0.2) is 0 Å². The van der Waals surface area contributed by atoms with Crippen molar-refractivity contribution in [1.29, 1.82) is 0 Å². The molecule has 1 aromatic carbocycles. The number of rotatable bonds is 7. The Balaban J connectivity index is 1.96. The summed E-state index contributed by atoms with van der Waals surface area (Å²) in [5.41, 5.74) is 1.92. The third-order valence-electron chi connectivity index (χ3n) is 4.69. The van der Waals surface area contributed by atoms with E-state index in [-0.39, 0.29) is 13.1 Å². The van der Waals surface area contributed by atoms with Crippen LogP contribution in [0.5, 0.6) is 0 Å². The standard InChI is InChI=1S/C21H24N2O6S/c1-27-18(24)13-23(14-19(25)28-2)20(26)17-12-16(15-6-4-3-5-7-15)21(30-17)22-8-10-29-11-9-22/h3-7,12H,8-11,13-14H2,1-2H3. The van der Waals surface area contributed by atoms with E-state index in [9.17, 15) is 14.4 Å². The summed E-state index contributed by atoms with van der Waals surface area (Å²) in [4.78, 5) is 40.5. The minimum Gasteiger partial charge on any atom is -0.468 e. The topological polar surface area (TPSA) is 85.4 Å². The van der Waals surface area contributed by atoms with Crippen LogP contribution in [0.3, 0.4) is 0 Å². The molecular formula is C21H24N2O6S. The van der Waals surface area contributed by atoms with E-state index in [0.717, 1.165) is 34.1 Å². The zero-order valence-electron chi connectivity index (χ0n) is 17.0. The van der Waals surface area contributed by atoms with Gasteiger partial charge in [-0.2, -0.15) is 0 Å². The van der Waals surface area contributed by atoms with Crippen molar-refractivity contribution < 1.29 is 28.6 Å². The molecule has 1 aliphatic rings. The molecule has 1 amide bonds. The number of amides is 1. The van der Waals surface area contributed by atoms with E-state index in [4.69, 9.17) is 4.74 Å². The zero-order valence-corrected chi connectivity index (χ0v) is 17.8. The molecule has 160 valence electrons. The van der Waals surface area contributed by atoms with Crippen molar-refractivity contribution in [2.75, 3.05) is 58.5 Å². The van der Waals surface area contributed by atoms with Crippen molar-refractivity contribution in [3.8, 4) is 11.1 Å². The molecule has 0 aliphatic carbocycles. The fourth-order valence-corrected chi connectivity index (χ4v) is 4.31. The molecule has 0 N–H and O–H groups in total. The number of anilines is 1. The number of esters is 2. The van der Waals surface area contributed by atoms with Gasteiger partial charge < -0.3 is 24.0 Å². The second-order valence-corrected chi connectivity index (χ2v) is 7.64. The Labute approximate surface area is 178 Å². The fraction of sp³-hybridized carbons (Fsp3) is 0.381. The number of benzene rings is 1. The molecule has 1 aromatic heterocycles. The highest BCUT2D eigenvalue weighted by Gasteiger charge is 2.27. The number of nitrogens with zero attached hydrogens (tertiary/aromatic N) is 2. The van der Waals surface area contributed by atoms with Crippen LogP contribution in [0.4, 0.5) is 5.00 Å². The van der Waals surface area contributed by atoms with Crippen LogP contribution in [-0.2, 0) is 23.8 Å². The van der Waals surface area contributed by atoms with Crippen molar-refractivity contribution >= 4 is 34.2 Å². The Bertz CT molecular complexity index is 874. The lowest BCUT2D eigenvalue weighted by Gasteiger charge is -2.28. The second kappa shape index (κ2) is 10.2. The van der Waals surface area contributed by atoms with E-state index in [1.54, 1.807) is 0 Å². The molecule has 2 heterocycles. The molecule has 0 saturated carbocycles. The summed E-state index contributed by atoms with van der Waals surface area (Å²) in [6, 6.07) is 11.6. The van der Waals surface area contributed by atoms with Gasteiger partial charge in [-0.3, -0.25) is 14.4 Å². The van der Waals surface area contributed by atoms with Gasteiger partial charge in [0.2, 0.25) is 0 Å². The summed E-state index contributed by atoms with van der Waals surface area (Å²) < 4.78 is 14.8. The van der Waals surface area contributed by atoms with Gasteiger partial charge in [0, 0.05) is 18.7 Å². The number of ether oxygens (including phenoxy) is 3. The Hall–Kier alpha value is -2.91. The maximum atomic E-state index is 13.2. The Kier molecular flexibility index (Phi) is 7.42. The van der Waals surface area contributed by atoms with Crippen LogP contribution in [0.15, 0.2) is 36.4 Å². The first-order valence-corrected chi connectivity index (χ1v) is 10.3. The maximum absolute atomic E-state index is 13.2. The summed E-state index contributed by atoms with van der Waals surface area (Å²) in [5, 5.41) is 0.962. The minimum atomic E-state index is -0.611. The Morgan fingerprint density at radius 3 is 2.20 bits per heavy atom. The van der Waals surface area contributed by atoms with Gasteiger partial charge in [-0.05, 0) is 11.6 Å². The highest BCUT2D eigenvalue weighted by atomic mass is 32.1. The number of hydrogen-bond donors (Lipinski definition) is 0. The maximum Gasteiger partial charge on any atom is 0.325 e. The molecule has 8 nitrogen and oxygen atoms in total. The highest BCUT2D eigenvalue weighted by Crippen LogP contribution is 2.39. The van der Waals surface area contributed by atoms with Crippen LogP contribution in [0, 0.1) is 0 Å². The quantitative estimate of drug-likeness (QED) is 0.619. The summed E-state index contributed by atoms with van der Waals surface area (Å²) in [6.45, 7) is 2.01. The van der Waals surface area contributed by atoms with E-state index in [1.807, 2.05) is 36.4 Å². The summed E-state index contributed by atoms with van der Waals surface area (Å²) >= 11 is 1.34. The first-order valence-electron chi connectivity index (χ1n) is 9.48. The molecule has 1 saturated heterocycles. The van der Waals surface area contributed by atoms with Crippen molar-refractivity contribution in [2.24, 2.45) is 0 Å². The predicted molar refractivity (Wildman–Crippen MR) is 113 cm³/mol. The summed E-state index contributed by atoms with van der Waals surface area (Å²) in [7, 11) is 2.47. The Morgan fingerprint density at radius 1 is 1.03 bits per heavy atom. The lowest BCUT2D eigenvalue weighted by atomic mass is 10.1. The first-order chi connectivity index (χ1) is 14.5. The van der Waals surface area contributed by atoms with Crippen molar-refractivity contribution in [2.45, 2.75) is 0 Å². The highest BCUT2D eigenvalue weighted by molar-refractivity contribution is 7.18. The molecule has 1 aliphatic heterocycles. The molecule has 30 heavy (non-hydrogen) atoms. The van der Waals surface area contributed by atoms with Crippen molar-refractivity contribution in [3.63, 3.8) is 0 Å². The number of carbonyl (C=O) groups is 3. The lowest BCUT2D eigenvalue weighted by Crippen LogP contribution is -2.40. The largest absolute Gasteiger partial charge is 0.468 e. The second-order valence-electron chi connectivity index (χ2n) is 6.61. The van der Waals surface area contributed by atoms with Gasteiger partial charge in [-0.25, -0.2) is 0 Å². The zero-order chi connectivity index (χ0) is 21.5. The van der Waals surface area contributed by atoms with Gasteiger partial charge in [-0.1, -0.05) is 30.3 Å². The third-order valence-corrected chi connectivity index (χ3v) is 5.87. The van der Waals surface area contributed by atoms with Gasteiger partial charge in [0.25, 0.3) is 5.91 Å². The van der Waals surface area contributed by atoms with Crippen LogP contribution < -0.4 is 4.90 Å². The van der Waals surface area contributed by atoms with Crippen LogP contribution in [-0.4, -0.2) is 76.4 Å². The smallest absolute Gasteiger partial charge is 0.325 e. The minimum absolute atomic E-state index is 0.337. The molecule has 1 fully saturated rings. The number of hydrogen-bond acceptors (Lipinski definition) is 8. The fourth-order valence-electron chi connectivity index (χ4n) is 3.11. The number of carbonyl (C=O) groups excluding carboxylic acids is 3. The molecule has 0 atom stereocenters. The van der Waals surface area contributed by atoms with E-state index < -0.39 is 17.8 Å². The van der Waals surface area contributed by atoms with Gasteiger partial charge in [0.05, 0.1) is 37.3 Å². The van der Waals surface area contributed by atoms with Gasteiger partial charge in [0.1, 0.15) is 13.1 Å². The molecule has 0 spiro atoms. The van der Waals surface area contributed by atoms with Crippen LogP contribution in [0.25, 0.3) is 11.1 Å². The van der Waals surface area contributed by atoms with Gasteiger partial charge >= 0.3 is 11.9 Å². The van der Waals surface area contributed by atoms with E-state index in [1.165, 1.54) is 25.6 Å². The molecule has 0 radical (unpaired) electrons. The molecule has 0 unspecified atom stereocenters. The first kappa shape index (κ1) is 21.8. The normalized spacial score (nSPS) is 13.6. The molecular weight excluding hydrogens is 408 g/mol. The summed E-state index contributed by atoms with van der Waals surface area (Å²) in [6.07, 6.45) is 0. The molecule has 9 heteroatoms. The summed E-state index contributed by atoms with van der Waals surface area (Å²) in [5.74, 6) is -1.64. The van der Waals surface area contributed by atoms with Crippen molar-refractivity contribution in [1.82, 2.24) is 4.90 Å². The van der Waals surface area contributed by atoms with E-state index in [2.05, 4.69) is 14.4 Å². The molecule has 0 bridgehead atoms. The monoisotopic (exact) mass is 432 g/mol. The third kappa shape index (κ3) is 5.17. The van der Waals surface area contributed by atoms with E-state index >= 15 is 0 Å². The van der Waals surface area contributed by atoms with Crippen LogP contribution in [0.2, 0.25) is 0 Å². The van der Waals surface area contributed by atoms with Crippen molar-refractivity contribution in [3.05, 3.63) is 41.3 Å². The SMILES string of the molecule is COC(=O)CN(CC(=O)OC)C(=O)c1cc(-c2ccccc2)c(N2CCOCC2)s1. The number of morpholine rings is 1. The molecule has 3 rings (SSSR count). The van der Waals surface area contributed by atoms with Gasteiger partial charge in [-0.15, -0.1) is 11.3 Å². The predicted octanol–water partition coefficient (Wildman–Crippen LogP) is 2.04. The van der Waals surface area contributed by atoms with Crippen LogP contribution in [0.1, 0.15) is 9.67 Å². The number of methoxy groups -OCH3 is 2. The van der Waals surface area contributed by atoms with Crippen LogP contribution >= 0.6 is 11.3 Å². The average Bonchev–Trinajstić information content (AvgIpc) is 3.24. The van der Waals surface area contributed by atoms with E-state index in [0.29, 0.717) is 18.1 Å².